The highest BCUT2D eigenvalue weighted by atomic mass is 16.6. The molecule has 354 valence electrons. The number of methoxy groups -OCH3 is 2. The van der Waals surface area contributed by atoms with E-state index in [-0.39, 0.29) is 63.4 Å². The number of benzene rings is 2. The molecule has 19 nitrogen and oxygen atoms in total. The fraction of sp³-hybridized carbons (Fsp3) is 0.578. The van der Waals surface area contributed by atoms with Gasteiger partial charge in [0.1, 0.15) is 23.3 Å². The van der Waals surface area contributed by atoms with E-state index < -0.39 is 77.2 Å². The molecule has 5 N–H and O–H groups in total. The zero-order valence-electron chi connectivity index (χ0n) is 38.6. The number of hydrogen-bond donors (Lipinski definition) is 5. The van der Waals surface area contributed by atoms with Gasteiger partial charge < -0.3 is 54.9 Å². The molecule has 0 spiro atoms. The number of unbranched alkanes of at least 4 members (excludes halogenated alkanes) is 1. The monoisotopic (exact) mass is 898 g/mol. The molecule has 0 radical (unpaired) electrons. The van der Waals surface area contributed by atoms with Gasteiger partial charge in [-0.15, -0.1) is 0 Å². The first-order valence-corrected chi connectivity index (χ1v) is 21.4. The third-order valence-corrected chi connectivity index (χ3v) is 9.80. The van der Waals surface area contributed by atoms with Gasteiger partial charge in [0.05, 0.1) is 43.1 Å². The lowest BCUT2D eigenvalue weighted by atomic mass is 10.1. The second-order valence-corrected chi connectivity index (χ2v) is 17.4. The standard InChI is InChI=1S/C45H66N6O13/c1-28(52)34(47-42(59)63-44(3,4)5)40(57)49(23-13-14-27-51-38(55)30-18-11-12-19-31(30)39(51)56)25-17-26-50(41(58)35(29(2)53)48-43(60)64-45(6,7)8)24-16-22-46-37(54)32-20-15-21-33(61-9)36(32)62-10/h11-12,15,18-21,28-29,34-35,52-53H,13-14,16-17,22-27H2,1-10H3,(H,46,54)(H,47,59)(H,48,60)/t28-,29-,34+,35+/m1/s1. The summed E-state index contributed by atoms with van der Waals surface area (Å²) in [5.74, 6) is -1.97. The summed E-state index contributed by atoms with van der Waals surface area (Å²) in [6.45, 7) is 12.9. The Morgan fingerprint density at radius 3 is 1.56 bits per heavy atom. The van der Waals surface area contributed by atoms with Crippen LogP contribution in [-0.4, -0.2) is 156 Å². The molecule has 0 fully saturated rings. The number of carbonyl (C=O) groups is 7. The van der Waals surface area contributed by atoms with Crippen LogP contribution in [-0.2, 0) is 19.1 Å². The fourth-order valence-corrected chi connectivity index (χ4v) is 6.80. The molecular weight excluding hydrogens is 833 g/mol. The maximum absolute atomic E-state index is 14.2. The van der Waals surface area contributed by atoms with Gasteiger partial charge in [0, 0.05) is 39.3 Å². The Hall–Kier alpha value is -5.95. The topological polar surface area (TPSA) is 243 Å². The fourth-order valence-electron chi connectivity index (χ4n) is 6.80. The van der Waals surface area contributed by atoms with Crippen LogP contribution in [0.5, 0.6) is 11.5 Å². The normalized spacial score (nSPS) is 14.3. The number of fused-ring (bicyclic) bond motifs is 1. The van der Waals surface area contributed by atoms with Crippen molar-refractivity contribution < 1.29 is 62.7 Å². The van der Waals surface area contributed by atoms with Crippen molar-refractivity contribution in [1.82, 2.24) is 30.7 Å². The summed E-state index contributed by atoms with van der Waals surface area (Å²) in [6, 6.07) is 8.55. The minimum atomic E-state index is -1.43. The molecule has 7 amide bonds. The van der Waals surface area contributed by atoms with Crippen molar-refractivity contribution in [3.63, 3.8) is 0 Å². The zero-order chi connectivity index (χ0) is 47.9. The molecule has 3 rings (SSSR count). The Morgan fingerprint density at radius 1 is 0.656 bits per heavy atom. The number of ether oxygens (including phenoxy) is 4. The van der Waals surface area contributed by atoms with Gasteiger partial charge in [-0.1, -0.05) is 18.2 Å². The number of aliphatic hydroxyl groups excluding tert-OH is 2. The van der Waals surface area contributed by atoms with Crippen LogP contribution in [0.25, 0.3) is 0 Å². The van der Waals surface area contributed by atoms with Crippen LogP contribution >= 0.6 is 0 Å². The summed E-state index contributed by atoms with van der Waals surface area (Å²) in [6.07, 6.45) is -3.56. The van der Waals surface area contributed by atoms with E-state index in [1.807, 2.05) is 0 Å². The Balaban J connectivity index is 1.83. The summed E-state index contributed by atoms with van der Waals surface area (Å²) >= 11 is 0. The molecule has 0 saturated heterocycles. The van der Waals surface area contributed by atoms with Crippen molar-refractivity contribution in [2.24, 2.45) is 0 Å². The quantitative estimate of drug-likeness (QED) is 0.0841. The molecule has 0 aromatic heterocycles. The van der Waals surface area contributed by atoms with Crippen molar-refractivity contribution in [1.29, 1.82) is 0 Å². The maximum Gasteiger partial charge on any atom is 0.408 e. The van der Waals surface area contributed by atoms with Gasteiger partial charge in [0.25, 0.3) is 17.7 Å². The van der Waals surface area contributed by atoms with Gasteiger partial charge in [0.2, 0.25) is 11.8 Å². The van der Waals surface area contributed by atoms with Crippen molar-refractivity contribution in [2.45, 2.75) is 117 Å². The van der Waals surface area contributed by atoms with Crippen LogP contribution in [0.4, 0.5) is 9.59 Å². The number of amides is 7. The van der Waals surface area contributed by atoms with Gasteiger partial charge in [-0.2, -0.15) is 0 Å². The molecule has 1 aliphatic heterocycles. The van der Waals surface area contributed by atoms with Crippen molar-refractivity contribution >= 4 is 41.7 Å². The van der Waals surface area contributed by atoms with Crippen LogP contribution < -0.4 is 25.4 Å². The number of nitrogens with zero attached hydrogens (tertiary/aromatic N) is 3. The van der Waals surface area contributed by atoms with E-state index in [4.69, 9.17) is 18.9 Å². The summed E-state index contributed by atoms with van der Waals surface area (Å²) in [4.78, 5) is 97.0. The van der Waals surface area contributed by atoms with Gasteiger partial charge in [-0.05, 0) is 105 Å². The second kappa shape index (κ2) is 23.7. The number of imide groups is 1. The highest BCUT2D eigenvalue weighted by molar-refractivity contribution is 6.21. The summed E-state index contributed by atoms with van der Waals surface area (Å²) in [5, 5.41) is 29.1. The molecule has 19 heteroatoms. The number of hydrogen-bond acceptors (Lipinski definition) is 13. The van der Waals surface area contributed by atoms with Crippen molar-refractivity contribution in [2.75, 3.05) is 53.5 Å². The number of alkyl carbamates (subject to hydrolysis) is 2. The number of rotatable bonds is 22. The predicted octanol–water partition coefficient (Wildman–Crippen LogP) is 3.50. The van der Waals surface area contributed by atoms with Crippen LogP contribution in [0.1, 0.15) is 112 Å². The number of aliphatic hydroxyl groups is 2. The SMILES string of the molecule is COc1cccc(C(=O)NCCCN(CCCN(CCCCN2C(=O)c3ccccc3C2=O)C(=O)[C@@H](NC(=O)OC(C)(C)C)[C@@H](C)O)C(=O)[C@@H](NC(=O)OC(C)(C)C)[C@@H](C)O)c1OC. The largest absolute Gasteiger partial charge is 0.493 e. The van der Waals surface area contributed by atoms with Gasteiger partial charge in [-0.25, -0.2) is 9.59 Å². The molecule has 2 aromatic carbocycles. The highest BCUT2D eigenvalue weighted by Gasteiger charge is 2.36. The molecule has 0 unspecified atom stereocenters. The molecule has 0 aliphatic carbocycles. The predicted molar refractivity (Wildman–Crippen MR) is 235 cm³/mol. The third kappa shape index (κ3) is 15.4. The molecule has 1 heterocycles. The first kappa shape index (κ1) is 52.4. The van der Waals surface area contributed by atoms with Gasteiger partial charge in [-0.3, -0.25) is 28.9 Å². The van der Waals surface area contributed by atoms with Crippen LogP contribution in [0.2, 0.25) is 0 Å². The first-order chi connectivity index (χ1) is 30.0. The maximum atomic E-state index is 14.2. The van der Waals surface area contributed by atoms with Gasteiger partial charge in [0.15, 0.2) is 11.5 Å². The lowest BCUT2D eigenvalue weighted by Crippen LogP contribution is -2.56. The summed E-state index contributed by atoms with van der Waals surface area (Å²) in [5.41, 5.74) is -0.938. The lowest BCUT2D eigenvalue weighted by Gasteiger charge is -2.32. The molecule has 4 atom stereocenters. The van der Waals surface area contributed by atoms with E-state index in [9.17, 15) is 43.8 Å². The lowest BCUT2D eigenvalue weighted by molar-refractivity contribution is -0.137. The average Bonchev–Trinajstić information content (AvgIpc) is 3.45. The zero-order valence-corrected chi connectivity index (χ0v) is 38.6. The van der Waals surface area contributed by atoms with Crippen LogP contribution in [0.15, 0.2) is 42.5 Å². The van der Waals surface area contributed by atoms with Gasteiger partial charge >= 0.3 is 12.2 Å². The Labute approximate surface area is 375 Å². The molecule has 1 aliphatic rings. The molecule has 2 aromatic rings. The van der Waals surface area contributed by atoms with E-state index in [1.165, 1.54) is 37.9 Å². The van der Waals surface area contributed by atoms with Crippen molar-refractivity contribution in [3.8, 4) is 11.5 Å². The molecular formula is C45H66N6O13. The average molecular weight is 899 g/mol. The van der Waals surface area contributed by atoms with E-state index in [0.717, 1.165) is 4.90 Å². The Morgan fingerprint density at radius 2 is 1.12 bits per heavy atom. The van der Waals surface area contributed by atoms with Crippen molar-refractivity contribution in [3.05, 3.63) is 59.2 Å². The number of nitrogens with one attached hydrogen (secondary N) is 3. The van der Waals surface area contributed by atoms with Crippen LogP contribution in [0, 0.1) is 0 Å². The second-order valence-electron chi connectivity index (χ2n) is 17.4. The minimum absolute atomic E-state index is 0.0000582. The summed E-state index contributed by atoms with van der Waals surface area (Å²) in [7, 11) is 2.86. The van der Waals surface area contributed by atoms with Crippen LogP contribution in [0.3, 0.4) is 0 Å². The summed E-state index contributed by atoms with van der Waals surface area (Å²) < 4.78 is 21.4. The minimum Gasteiger partial charge on any atom is -0.493 e. The molecule has 64 heavy (non-hydrogen) atoms. The molecule has 0 bridgehead atoms. The Kier molecular flexibility index (Phi) is 19.4. The molecule has 0 saturated carbocycles. The number of para-hydroxylation sites is 1. The van der Waals surface area contributed by atoms with E-state index in [0.29, 0.717) is 29.7 Å². The highest BCUT2D eigenvalue weighted by Crippen LogP contribution is 2.30. The number of carbonyl (C=O) groups excluding carboxylic acids is 7. The van der Waals surface area contributed by atoms with E-state index in [1.54, 1.807) is 84.0 Å². The van der Waals surface area contributed by atoms with E-state index in [2.05, 4.69) is 16.0 Å². The first-order valence-electron chi connectivity index (χ1n) is 21.4. The Bertz CT molecular complexity index is 1920. The smallest absolute Gasteiger partial charge is 0.408 e. The van der Waals surface area contributed by atoms with E-state index >= 15 is 0 Å². The third-order valence-electron chi connectivity index (χ3n) is 9.80.